The minimum atomic E-state index is -0.975. The van der Waals surface area contributed by atoms with E-state index >= 15 is 0 Å². The third kappa shape index (κ3) is 3.78. The molecule has 1 aliphatic heterocycles. The van der Waals surface area contributed by atoms with Gasteiger partial charge >= 0.3 is 0 Å². The van der Waals surface area contributed by atoms with Gasteiger partial charge in [-0.15, -0.1) is 0 Å². The standard InChI is InChI=1S/C19H21FO3/c1-21-18-10-11-22-19(13-18,16-8-5-9-17(20)12-16)23-14-15-6-3-2-4-7-15/h2-9,12,18H,10-11,13-14H2,1H3. The van der Waals surface area contributed by atoms with Crippen LogP contribution >= 0.6 is 0 Å². The van der Waals surface area contributed by atoms with Crippen LogP contribution < -0.4 is 0 Å². The maximum atomic E-state index is 13.7. The Kier molecular flexibility index (Phi) is 5.06. The lowest BCUT2D eigenvalue weighted by atomic mass is 9.95. The number of benzene rings is 2. The Hall–Kier alpha value is -1.75. The van der Waals surface area contributed by atoms with Gasteiger partial charge in [0.05, 0.1) is 19.3 Å². The number of hydrogen-bond acceptors (Lipinski definition) is 3. The van der Waals surface area contributed by atoms with E-state index in [9.17, 15) is 4.39 Å². The Bertz CT molecular complexity index is 632. The normalized spacial score (nSPS) is 24.5. The van der Waals surface area contributed by atoms with Crippen LogP contribution in [-0.2, 0) is 26.6 Å². The Labute approximate surface area is 136 Å². The fourth-order valence-electron chi connectivity index (χ4n) is 2.90. The molecule has 4 heteroatoms. The Balaban J connectivity index is 1.87. The number of hydrogen-bond donors (Lipinski definition) is 0. The van der Waals surface area contributed by atoms with E-state index in [4.69, 9.17) is 14.2 Å². The molecule has 0 saturated carbocycles. The molecule has 3 nitrogen and oxygen atoms in total. The van der Waals surface area contributed by atoms with Crippen LogP contribution in [-0.4, -0.2) is 19.8 Å². The average Bonchev–Trinajstić information content (AvgIpc) is 2.61. The highest BCUT2D eigenvalue weighted by Crippen LogP contribution is 2.38. The van der Waals surface area contributed by atoms with E-state index in [1.807, 2.05) is 36.4 Å². The molecule has 2 aromatic carbocycles. The molecule has 0 N–H and O–H groups in total. The van der Waals surface area contributed by atoms with E-state index < -0.39 is 5.79 Å². The lowest BCUT2D eigenvalue weighted by molar-refractivity contribution is -0.288. The maximum absolute atomic E-state index is 13.7. The molecule has 1 fully saturated rings. The van der Waals surface area contributed by atoms with Crippen molar-refractivity contribution in [1.82, 2.24) is 0 Å². The largest absolute Gasteiger partial charge is 0.381 e. The molecule has 1 aliphatic rings. The zero-order valence-corrected chi connectivity index (χ0v) is 13.2. The molecule has 1 saturated heterocycles. The minimum Gasteiger partial charge on any atom is -0.381 e. The third-order valence-electron chi connectivity index (χ3n) is 4.18. The Morgan fingerprint density at radius 1 is 1.17 bits per heavy atom. The monoisotopic (exact) mass is 316 g/mol. The topological polar surface area (TPSA) is 27.7 Å². The molecule has 23 heavy (non-hydrogen) atoms. The van der Waals surface area contributed by atoms with Crippen LogP contribution in [0, 0.1) is 5.82 Å². The molecule has 2 aromatic rings. The third-order valence-corrected chi connectivity index (χ3v) is 4.18. The van der Waals surface area contributed by atoms with Gasteiger partial charge in [0.15, 0.2) is 5.79 Å². The fourth-order valence-corrected chi connectivity index (χ4v) is 2.90. The number of rotatable bonds is 5. The van der Waals surface area contributed by atoms with Crippen molar-refractivity contribution in [3.8, 4) is 0 Å². The first-order valence-corrected chi connectivity index (χ1v) is 7.82. The molecule has 0 radical (unpaired) electrons. The second-order valence-electron chi connectivity index (χ2n) is 5.74. The van der Waals surface area contributed by atoms with E-state index in [0.29, 0.717) is 25.2 Å². The van der Waals surface area contributed by atoms with Gasteiger partial charge in [-0.1, -0.05) is 42.5 Å². The fraction of sp³-hybridized carbons (Fsp3) is 0.368. The van der Waals surface area contributed by atoms with Gasteiger partial charge in [-0.25, -0.2) is 4.39 Å². The van der Waals surface area contributed by atoms with Crippen molar-refractivity contribution in [3.05, 3.63) is 71.5 Å². The van der Waals surface area contributed by atoms with Crippen LogP contribution in [0.2, 0.25) is 0 Å². The second-order valence-corrected chi connectivity index (χ2v) is 5.74. The van der Waals surface area contributed by atoms with Gasteiger partial charge in [-0.2, -0.15) is 0 Å². The molecule has 0 amide bonds. The number of methoxy groups -OCH3 is 1. The summed E-state index contributed by atoms with van der Waals surface area (Å²) in [5.74, 6) is -1.27. The van der Waals surface area contributed by atoms with Gasteiger partial charge < -0.3 is 14.2 Å². The van der Waals surface area contributed by atoms with E-state index in [1.54, 1.807) is 13.2 Å². The number of ether oxygens (including phenoxy) is 3. The molecular weight excluding hydrogens is 295 g/mol. The maximum Gasteiger partial charge on any atom is 0.197 e. The first-order chi connectivity index (χ1) is 11.2. The molecule has 1 heterocycles. The van der Waals surface area contributed by atoms with Crippen molar-refractivity contribution in [1.29, 1.82) is 0 Å². The summed E-state index contributed by atoms with van der Waals surface area (Å²) in [6.07, 6.45) is 1.38. The highest BCUT2D eigenvalue weighted by molar-refractivity contribution is 5.23. The summed E-state index contributed by atoms with van der Waals surface area (Å²) < 4.78 is 31.3. The summed E-state index contributed by atoms with van der Waals surface area (Å²) in [5, 5.41) is 0. The van der Waals surface area contributed by atoms with Gasteiger partial charge in [-0.05, 0) is 24.1 Å². The quantitative estimate of drug-likeness (QED) is 0.834. The van der Waals surface area contributed by atoms with Crippen molar-refractivity contribution < 1.29 is 18.6 Å². The van der Waals surface area contributed by atoms with Crippen molar-refractivity contribution in [2.24, 2.45) is 0 Å². The predicted octanol–water partition coefficient (Wildman–Crippen LogP) is 4.02. The Morgan fingerprint density at radius 2 is 2.00 bits per heavy atom. The smallest absolute Gasteiger partial charge is 0.197 e. The average molecular weight is 316 g/mol. The van der Waals surface area contributed by atoms with Crippen LogP contribution in [0.15, 0.2) is 54.6 Å². The van der Waals surface area contributed by atoms with Crippen LogP contribution in [0.5, 0.6) is 0 Å². The van der Waals surface area contributed by atoms with Crippen LogP contribution in [0.1, 0.15) is 24.0 Å². The lowest BCUT2D eigenvalue weighted by Gasteiger charge is -2.40. The summed E-state index contributed by atoms with van der Waals surface area (Å²) in [6, 6.07) is 16.3. The van der Waals surface area contributed by atoms with Gasteiger partial charge in [0.1, 0.15) is 5.82 Å². The van der Waals surface area contributed by atoms with Gasteiger partial charge in [-0.3, -0.25) is 0 Å². The molecule has 2 unspecified atom stereocenters. The van der Waals surface area contributed by atoms with Crippen molar-refractivity contribution in [3.63, 3.8) is 0 Å². The molecule has 122 valence electrons. The number of halogens is 1. The second kappa shape index (κ2) is 7.21. The molecule has 2 atom stereocenters. The summed E-state index contributed by atoms with van der Waals surface area (Å²) in [6.45, 7) is 0.914. The zero-order chi connectivity index (χ0) is 16.1. The van der Waals surface area contributed by atoms with E-state index in [-0.39, 0.29) is 11.9 Å². The SMILES string of the molecule is COC1CCOC(OCc2ccccc2)(c2cccc(F)c2)C1. The summed E-state index contributed by atoms with van der Waals surface area (Å²) in [7, 11) is 1.68. The van der Waals surface area contributed by atoms with Gasteiger partial charge in [0.25, 0.3) is 0 Å². The summed E-state index contributed by atoms with van der Waals surface area (Å²) >= 11 is 0. The lowest BCUT2D eigenvalue weighted by Crippen LogP contribution is -2.42. The highest BCUT2D eigenvalue weighted by atomic mass is 19.1. The van der Waals surface area contributed by atoms with E-state index in [2.05, 4.69) is 0 Å². The predicted molar refractivity (Wildman–Crippen MR) is 85.3 cm³/mol. The molecule has 0 aliphatic carbocycles. The molecule has 0 spiro atoms. The molecule has 0 aromatic heterocycles. The molecular formula is C19H21FO3. The minimum absolute atomic E-state index is 0.0304. The zero-order valence-electron chi connectivity index (χ0n) is 13.2. The van der Waals surface area contributed by atoms with Crippen LogP contribution in [0.4, 0.5) is 4.39 Å². The summed E-state index contributed by atoms with van der Waals surface area (Å²) in [5.41, 5.74) is 1.74. The van der Waals surface area contributed by atoms with E-state index in [0.717, 1.165) is 12.0 Å². The van der Waals surface area contributed by atoms with Crippen molar-refractivity contribution >= 4 is 0 Å². The Morgan fingerprint density at radius 3 is 2.74 bits per heavy atom. The first-order valence-electron chi connectivity index (χ1n) is 7.82. The molecule has 0 bridgehead atoms. The van der Waals surface area contributed by atoms with Crippen molar-refractivity contribution in [2.45, 2.75) is 31.3 Å². The van der Waals surface area contributed by atoms with Crippen LogP contribution in [0.3, 0.4) is 0 Å². The first kappa shape index (κ1) is 16.1. The van der Waals surface area contributed by atoms with Crippen LogP contribution in [0.25, 0.3) is 0 Å². The summed E-state index contributed by atoms with van der Waals surface area (Å²) in [4.78, 5) is 0. The van der Waals surface area contributed by atoms with E-state index in [1.165, 1.54) is 12.1 Å². The van der Waals surface area contributed by atoms with Gasteiger partial charge in [0.2, 0.25) is 0 Å². The molecule has 3 rings (SSSR count). The van der Waals surface area contributed by atoms with Gasteiger partial charge in [0, 0.05) is 19.1 Å². The highest BCUT2D eigenvalue weighted by Gasteiger charge is 2.41. The van der Waals surface area contributed by atoms with Crippen molar-refractivity contribution in [2.75, 3.05) is 13.7 Å².